The maximum atomic E-state index is 9.40. The van der Waals surface area contributed by atoms with E-state index >= 15 is 0 Å². The molecule has 0 radical (unpaired) electrons. The van der Waals surface area contributed by atoms with Crippen LogP contribution in [0.3, 0.4) is 0 Å². The molecule has 3 heteroatoms. The normalized spacial score (nSPS) is 14.4. The Kier molecular flexibility index (Phi) is 8.70. The summed E-state index contributed by atoms with van der Waals surface area (Å²) in [5.74, 6) is 0. The van der Waals surface area contributed by atoms with Gasteiger partial charge in [0.1, 0.15) is 0 Å². The molecule has 1 atom stereocenters. The van der Waals surface area contributed by atoms with Crippen LogP contribution >= 0.6 is 15.9 Å². The summed E-state index contributed by atoms with van der Waals surface area (Å²) >= 11 is 3.68. The predicted octanol–water partition coefficient (Wildman–Crippen LogP) is 3.28. The Morgan fingerprint density at radius 3 is 2.06 bits per heavy atom. The molecule has 98 valence electrons. The van der Waals surface area contributed by atoms with Gasteiger partial charge < -0.3 is 10.0 Å². The summed E-state index contributed by atoms with van der Waals surface area (Å²) in [7, 11) is 2.11. The number of aliphatic hydroxyl groups excluding tert-OH is 1. The number of hydrogen-bond donors (Lipinski definition) is 1. The lowest BCUT2D eigenvalue weighted by molar-refractivity contribution is 0.105. The van der Waals surface area contributed by atoms with Crippen LogP contribution in [0.25, 0.3) is 0 Å². The third kappa shape index (κ3) is 6.21. The molecule has 0 aliphatic carbocycles. The van der Waals surface area contributed by atoms with E-state index in [0.717, 1.165) is 18.4 Å². The van der Waals surface area contributed by atoms with Gasteiger partial charge in [0.2, 0.25) is 0 Å². The molecule has 0 aliphatic rings. The molecule has 1 unspecified atom stereocenters. The first-order chi connectivity index (χ1) is 7.49. The van der Waals surface area contributed by atoms with Gasteiger partial charge in [-0.15, -0.1) is 0 Å². The first-order valence-electron chi connectivity index (χ1n) is 6.42. The highest BCUT2D eigenvalue weighted by Gasteiger charge is 2.28. The third-order valence-corrected chi connectivity index (χ3v) is 4.21. The van der Waals surface area contributed by atoms with Gasteiger partial charge in [-0.1, -0.05) is 42.6 Å². The Labute approximate surface area is 110 Å². The molecular weight excluding hydrogens is 266 g/mol. The average molecular weight is 294 g/mol. The van der Waals surface area contributed by atoms with E-state index in [4.69, 9.17) is 0 Å². The number of aliphatic hydroxyl groups is 1. The zero-order chi connectivity index (χ0) is 12.6. The maximum Gasteiger partial charge on any atom is 0.0638 e. The SMILES string of the molecule is CCCC(CBr)(CCC)CN(C)CC(C)O. The molecule has 2 nitrogen and oxygen atoms in total. The molecule has 0 aliphatic heterocycles. The number of likely N-dealkylation sites (N-methyl/N-ethyl adjacent to an activating group) is 1. The number of nitrogens with zero attached hydrogens (tertiary/aromatic N) is 1. The minimum Gasteiger partial charge on any atom is -0.392 e. The highest BCUT2D eigenvalue weighted by atomic mass is 79.9. The van der Waals surface area contributed by atoms with Crippen LogP contribution in [0.2, 0.25) is 0 Å². The molecule has 0 rings (SSSR count). The molecule has 0 amide bonds. The van der Waals surface area contributed by atoms with Crippen molar-refractivity contribution in [1.29, 1.82) is 0 Å². The smallest absolute Gasteiger partial charge is 0.0638 e. The second-order valence-electron chi connectivity index (χ2n) is 5.18. The van der Waals surface area contributed by atoms with Gasteiger partial charge in [-0.2, -0.15) is 0 Å². The van der Waals surface area contributed by atoms with Crippen LogP contribution in [-0.4, -0.2) is 41.6 Å². The van der Waals surface area contributed by atoms with Gasteiger partial charge in [0.25, 0.3) is 0 Å². The highest BCUT2D eigenvalue weighted by molar-refractivity contribution is 9.09. The number of alkyl halides is 1. The Bertz CT molecular complexity index is 167. The number of hydrogen-bond acceptors (Lipinski definition) is 2. The van der Waals surface area contributed by atoms with Crippen molar-refractivity contribution in [1.82, 2.24) is 4.90 Å². The Balaban J connectivity index is 4.37. The molecule has 0 spiro atoms. The van der Waals surface area contributed by atoms with Crippen molar-refractivity contribution in [3.05, 3.63) is 0 Å². The summed E-state index contributed by atoms with van der Waals surface area (Å²) in [5.41, 5.74) is 0.382. The van der Waals surface area contributed by atoms with Crippen molar-refractivity contribution >= 4 is 15.9 Å². The van der Waals surface area contributed by atoms with Gasteiger partial charge in [-0.25, -0.2) is 0 Å². The van der Waals surface area contributed by atoms with Crippen molar-refractivity contribution in [2.24, 2.45) is 5.41 Å². The average Bonchev–Trinajstić information content (AvgIpc) is 2.16. The molecule has 0 saturated heterocycles. The number of rotatable bonds is 9. The van der Waals surface area contributed by atoms with Crippen LogP contribution in [0.1, 0.15) is 46.5 Å². The van der Waals surface area contributed by atoms with Crippen LogP contribution in [-0.2, 0) is 0 Å². The summed E-state index contributed by atoms with van der Waals surface area (Å²) in [6, 6.07) is 0. The fourth-order valence-electron chi connectivity index (χ4n) is 2.61. The summed E-state index contributed by atoms with van der Waals surface area (Å²) in [4.78, 5) is 2.26. The lowest BCUT2D eigenvalue weighted by Crippen LogP contribution is -2.39. The van der Waals surface area contributed by atoms with Crippen LogP contribution < -0.4 is 0 Å². The molecule has 1 N–H and O–H groups in total. The summed E-state index contributed by atoms with van der Waals surface area (Å²) in [5, 5.41) is 10.5. The lowest BCUT2D eigenvalue weighted by Gasteiger charge is -2.36. The minimum absolute atomic E-state index is 0.235. The van der Waals surface area contributed by atoms with Crippen molar-refractivity contribution in [3.8, 4) is 0 Å². The van der Waals surface area contributed by atoms with E-state index in [1.165, 1.54) is 25.7 Å². The van der Waals surface area contributed by atoms with Gasteiger partial charge in [-0.3, -0.25) is 0 Å². The zero-order valence-corrected chi connectivity index (χ0v) is 12.9. The zero-order valence-electron chi connectivity index (χ0n) is 11.3. The monoisotopic (exact) mass is 293 g/mol. The summed E-state index contributed by atoms with van der Waals surface area (Å²) in [6.07, 6.45) is 4.75. The van der Waals surface area contributed by atoms with Crippen molar-refractivity contribution in [3.63, 3.8) is 0 Å². The van der Waals surface area contributed by atoms with E-state index in [1.807, 2.05) is 6.92 Å². The Hall–Kier alpha value is 0.400. The fraction of sp³-hybridized carbons (Fsp3) is 1.00. The standard InChI is InChI=1S/C13H28BrNO/c1-5-7-13(10-14,8-6-2)11-15(4)9-12(3)16/h12,16H,5-11H2,1-4H3. The number of halogens is 1. The van der Waals surface area contributed by atoms with Crippen LogP contribution in [0.4, 0.5) is 0 Å². The summed E-state index contributed by atoms with van der Waals surface area (Å²) in [6.45, 7) is 8.20. The highest BCUT2D eigenvalue weighted by Crippen LogP contribution is 2.32. The molecule has 0 heterocycles. The van der Waals surface area contributed by atoms with Crippen molar-refractivity contribution < 1.29 is 5.11 Å². The second kappa shape index (κ2) is 8.48. The van der Waals surface area contributed by atoms with Crippen molar-refractivity contribution in [2.45, 2.75) is 52.6 Å². The molecule has 0 saturated carbocycles. The quantitative estimate of drug-likeness (QED) is 0.660. The van der Waals surface area contributed by atoms with Crippen LogP contribution in [0.15, 0.2) is 0 Å². The molecule has 0 fully saturated rings. The van der Waals surface area contributed by atoms with E-state index in [-0.39, 0.29) is 6.10 Å². The van der Waals surface area contributed by atoms with Gasteiger partial charge in [0.05, 0.1) is 6.10 Å². The van der Waals surface area contributed by atoms with Gasteiger partial charge in [0.15, 0.2) is 0 Å². The molecule has 0 aromatic carbocycles. The second-order valence-corrected chi connectivity index (χ2v) is 5.74. The first-order valence-corrected chi connectivity index (χ1v) is 7.54. The van der Waals surface area contributed by atoms with Crippen LogP contribution in [0, 0.1) is 5.41 Å². The van der Waals surface area contributed by atoms with E-state index in [1.54, 1.807) is 0 Å². The lowest BCUT2D eigenvalue weighted by atomic mass is 9.81. The molecule has 0 aromatic heterocycles. The van der Waals surface area contributed by atoms with Crippen LogP contribution in [0.5, 0.6) is 0 Å². The van der Waals surface area contributed by atoms with E-state index in [0.29, 0.717) is 5.41 Å². The van der Waals surface area contributed by atoms with Crippen molar-refractivity contribution in [2.75, 3.05) is 25.5 Å². The molecular formula is C13H28BrNO. The van der Waals surface area contributed by atoms with E-state index in [9.17, 15) is 5.11 Å². The molecule has 0 bridgehead atoms. The van der Waals surface area contributed by atoms with Gasteiger partial charge >= 0.3 is 0 Å². The molecule has 0 aromatic rings. The maximum absolute atomic E-state index is 9.40. The Morgan fingerprint density at radius 1 is 1.25 bits per heavy atom. The largest absolute Gasteiger partial charge is 0.392 e. The van der Waals surface area contributed by atoms with Gasteiger partial charge in [-0.05, 0) is 32.2 Å². The molecule has 16 heavy (non-hydrogen) atoms. The van der Waals surface area contributed by atoms with E-state index in [2.05, 4.69) is 41.7 Å². The third-order valence-electron chi connectivity index (χ3n) is 3.03. The summed E-state index contributed by atoms with van der Waals surface area (Å²) < 4.78 is 0. The Morgan fingerprint density at radius 2 is 1.75 bits per heavy atom. The first kappa shape index (κ1) is 16.4. The van der Waals surface area contributed by atoms with Gasteiger partial charge in [0, 0.05) is 18.4 Å². The fourth-order valence-corrected chi connectivity index (χ4v) is 3.35. The topological polar surface area (TPSA) is 23.5 Å². The van der Waals surface area contributed by atoms with E-state index < -0.39 is 0 Å². The minimum atomic E-state index is -0.235. The predicted molar refractivity (Wildman–Crippen MR) is 75.2 cm³/mol.